The van der Waals surface area contributed by atoms with Crippen LogP contribution in [0.4, 0.5) is 11.5 Å². The van der Waals surface area contributed by atoms with Crippen LogP contribution in [-0.2, 0) is 9.53 Å². The number of nitrogens with zero attached hydrogens (tertiary/aromatic N) is 4. The first-order valence-electron chi connectivity index (χ1n) is 12.2. The van der Waals surface area contributed by atoms with Gasteiger partial charge in [0, 0.05) is 53.6 Å². The van der Waals surface area contributed by atoms with Crippen LogP contribution in [0, 0.1) is 23.2 Å². The third-order valence-electron chi connectivity index (χ3n) is 6.20. The van der Waals surface area contributed by atoms with Crippen LogP contribution >= 0.6 is 0 Å². The van der Waals surface area contributed by atoms with E-state index < -0.39 is 5.97 Å². The lowest BCUT2D eigenvalue weighted by Gasteiger charge is -2.26. The normalized spacial score (nSPS) is 13.6. The Labute approximate surface area is 214 Å². The van der Waals surface area contributed by atoms with Crippen molar-refractivity contribution in [3.63, 3.8) is 0 Å². The van der Waals surface area contributed by atoms with Gasteiger partial charge in [-0.1, -0.05) is 5.92 Å². The Kier molecular flexibility index (Phi) is 7.56. The minimum absolute atomic E-state index is 0.366. The standard InChI is InChI=1S/C28H26N6O3/c29-17-20-18-30-25-8-6-21(15-23(20)25)33-28-24-16-22(7-9-26(24)31-19-32-28)37-27(35)5-3-1-2-4-10-34-11-13-36-14-12-34/h6-9,15-16,18-19,30H,1-2,4,10-14H2,(H,31,32,33). The molecule has 186 valence electrons. The number of carbonyl (C=O) groups is 1. The number of unbranched alkanes of at least 4 members (excludes halogenated alkanes) is 2. The van der Waals surface area contributed by atoms with E-state index in [4.69, 9.17) is 9.47 Å². The van der Waals surface area contributed by atoms with Crippen molar-refractivity contribution in [2.75, 3.05) is 38.2 Å². The van der Waals surface area contributed by atoms with E-state index in [2.05, 4.69) is 43.1 Å². The Morgan fingerprint density at radius 2 is 2.03 bits per heavy atom. The maximum Gasteiger partial charge on any atom is 0.389 e. The van der Waals surface area contributed by atoms with Crippen LogP contribution in [0.3, 0.4) is 0 Å². The second-order valence-electron chi connectivity index (χ2n) is 8.70. The van der Waals surface area contributed by atoms with Crippen molar-refractivity contribution in [3.8, 4) is 23.7 Å². The smallest absolute Gasteiger partial charge is 0.389 e. The second-order valence-corrected chi connectivity index (χ2v) is 8.70. The lowest BCUT2D eigenvalue weighted by molar-refractivity contribution is -0.128. The molecule has 0 saturated carbocycles. The van der Waals surface area contributed by atoms with E-state index in [1.165, 1.54) is 6.33 Å². The number of H-pyrrole nitrogens is 1. The fourth-order valence-electron chi connectivity index (χ4n) is 4.27. The molecule has 0 amide bonds. The molecule has 9 nitrogen and oxygen atoms in total. The quantitative estimate of drug-likeness (QED) is 0.129. The Hall–Kier alpha value is -4.44. The molecule has 9 heteroatoms. The number of nitrogens with one attached hydrogen (secondary N) is 2. The Morgan fingerprint density at radius 1 is 1.14 bits per heavy atom. The molecule has 1 aliphatic heterocycles. The number of benzene rings is 2. The van der Waals surface area contributed by atoms with E-state index in [1.807, 2.05) is 18.2 Å². The number of hydrogen-bond donors (Lipinski definition) is 2. The molecule has 0 bridgehead atoms. The molecule has 1 fully saturated rings. The number of aromatic amines is 1. The van der Waals surface area contributed by atoms with Gasteiger partial charge in [0.05, 0.1) is 24.3 Å². The number of anilines is 2. The zero-order chi connectivity index (χ0) is 25.5. The zero-order valence-corrected chi connectivity index (χ0v) is 20.3. The average Bonchev–Trinajstić information content (AvgIpc) is 3.34. The lowest BCUT2D eigenvalue weighted by Crippen LogP contribution is -2.36. The number of rotatable bonds is 7. The number of nitriles is 1. The number of carbonyl (C=O) groups excluding carboxylic acids is 1. The van der Waals surface area contributed by atoms with Gasteiger partial charge in [-0.05, 0) is 55.8 Å². The molecule has 37 heavy (non-hydrogen) atoms. The van der Waals surface area contributed by atoms with Gasteiger partial charge in [0.25, 0.3) is 0 Å². The summed E-state index contributed by atoms with van der Waals surface area (Å²) < 4.78 is 10.8. The number of esters is 1. The number of ether oxygens (including phenoxy) is 2. The summed E-state index contributed by atoms with van der Waals surface area (Å²) in [6, 6.07) is 13.0. The van der Waals surface area contributed by atoms with Crippen molar-refractivity contribution in [1.29, 1.82) is 5.26 Å². The first-order valence-corrected chi connectivity index (χ1v) is 12.2. The van der Waals surface area contributed by atoms with Gasteiger partial charge in [0.2, 0.25) is 0 Å². The summed E-state index contributed by atoms with van der Waals surface area (Å²) in [5.41, 5.74) is 2.91. The minimum atomic E-state index is -0.596. The predicted octanol–water partition coefficient (Wildman–Crippen LogP) is 4.14. The van der Waals surface area contributed by atoms with Gasteiger partial charge in [0.1, 0.15) is 24.0 Å². The van der Waals surface area contributed by atoms with E-state index in [0.29, 0.717) is 34.5 Å². The van der Waals surface area contributed by atoms with E-state index in [1.54, 1.807) is 24.4 Å². The highest BCUT2D eigenvalue weighted by molar-refractivity contribution is 5.95. The molecule has 2 aromatic carbocycles. The molecule has 3 heterocycles. The van der Waals surface area contributed by atoms with Crippen molar-refractivity contribution in [2.45, 2.75) is 19.3 Å². The molecular weight excluding hydrogens is 468 g/mol. The van der Waals surface area contributed by atoms with E-state index >= 15 is 0 Å². The molecule has 5 rings (SSSR count). The molecule has 0 aliphatic carbocycles. The molecule has 1 aliphatic rings. The lowest BCUT2D eigenvalue weighted by atomic mass is 10.1. The maximum absolute atomic E-state index is 12.3. The van der Waals surface area contributed by atoms with Gasteiger partial charge in [0.15, 0.2) is 0 Å². The molecule has 4 aromatic rings. The molecule has 2 aromatic heterocycles. The molecule has 2 N–H and O–H groups in total. The summed E-state index contributed by atoms with van der Waals surface area (Å²) in [6.45, 7) is 4.60. The molecule has 0 radical (unpaired) electrons. The van der Waals surface area contributed by atoms with Crippen LogP contribution in [0.25, 0.3) is 21.8 Å². The number of aromatic nitrogens is 3. The second kappa shape index (κ2) is 11.5. The Balaban J connectivity index is 1.21. The first-order chi connectivity index (χ1) is 18.2. The highest BCUT2D eigenvalue weighted by atomic mass is 16.5. The number of hydrogen-bond acceptors (Lipinski definition) is 8. The Bertz CT molecular complexity index is 1520. The van der Waals surface area contributed by atoms with Crippen LogP contribution < -0.4 is 10.1 Å². The molecule has 0 atom stereocenters. The SMILES string of the molecule is N#Cc1c[nH]c2ccc(Nc3ncnc4ccc(OC(=O)C#CCCCCN5CCOCC5)cc34)cc12. The van der Waals surface area contributed by atoms with E-state index in [9.17, 15) is 10.1 Å². The van der Waals surface area contributed by atoms with Crippen molar-refractivity contribution in [1.82, 2.24) is 19.9 Å². The zero-order valence-electron chi connectivity index (χ0n) is 20.3. The van der Waals surface area contributed by atoms with Crippen molar-refractivity contribution in [2.24, 2.45) is 0 Å². The fourth-order valence-corrected chi connectivity index (χ4v) is 4.27. The maximum atomic E-state index is 12.3. The van der Waals surface area contributed by atoms with Gasteiger partial charge in [-0.15, -0.1) is 0 Å². The average molecular weight is 495 g/mol. The van der Waals surface area contributed by atoms with E-state index in [-0.39, 0.29) is 0 Å². The minimum Gasteiger partial charge on any atom is -0.417 e. The molecule has 0 unspecified atom stereocenters. The van der Waals surface area contributed by atoms with Gasteiger partial charge in [-0.2, -0.15) is 5.26 Å². The third-order valence-corrected chi connectivity index (χ3v) is 6.20. The van der Waals surface area contributed by atoms with Crippen LogP contribution in [-0.4, -0.2) is 58.7 Å². The van der Waals surface area contributed by atoms with Crippen LogP contribution in [0.1, 0.15) is 24.8 Å². The van der Waals surface area contributed by atoms with Crippen LogP contribution in [0.5, 0.6) is 5.75 Å². The van der Waals surface area contributed by atoms with Crippen LogP contribution in [0.2, 0.25) is 0 Å². The summed E-state index contributed by atoms with van der Waals surface area (Å²) in [7, 11) is 0. The van der Waals surface area contributed by atoms with Gasteiger partial charge in [-0.25, -0.2) is 14.8 Å². The van der Waals surface area contributed by atoms with Crippen molar-refractivity contribution in [3.05, 3.63) is 54.5 Å². The number of fused-ring (bicyclic) bond motifs is 2. The van der Waals surface area contributed by atoms with E-state index in [0.717, 1.165) is 62.3 Å². The monoisotopic (exact) mass is 494 g/mol. The third kappa shape index (κ3) is 6.04. The van der Waals surface area contributed by atoms with Gasteiger partial charge < -0.3 is 19.8 Å². The fraction of sp³-hybridized carbons (Fsp3) is 0.286. The summed E-state index contributed by atoms with van der Waals surface area (Å²) in [5.74, 6) is 5.82. The Morgan fingerprint density at radius 3 is 2.89 bits per heavy atom. The van der Waals surface area contributed by atoms with Gasteiger partial charge >= 0.3 is 5.97 Å². The largest absolute Gasteiger partial charge is 0.417 e. The molecule has 0 spiro atoms. The summed E-state index contributed by atoms with van der Waals surface area (Å²) in [6.07, 6.45) is 5.78. The molecule has 1 saturated heterocycles. The van der Waals surface area contributed by atoms with Crippen molar-refractivity contribution < 1.29 is 14.3 Å². The highest BCUT2D eigenvalue weighted by Crippen LogP contribution is 2.29. The highest BCUT2D eigenvalue weighted by Gasteiger charge is 2.11. The summed E-state index contributed by atoms with van der Waals surface area (Å²) in [4.78, 5) is 26.4. The van der Waals surface area contributed by atoms with Crippen molar-refractivity contribution >= 4 is 39.3 Å². The topological polar surface area (TPSA) is 116 Å². The summed E-state index contributed by atoms with van der Waals surface area (Å²) >= 11 is 0. The molecular formula is C28H26N6O3. The number of morpholine rings is 1. The van der Waals surface area contributed by atoms with Gasteiger partial charge in [-0.3, -0.25) is 4.90 Å². The van der Waals surface area contributed by atoms with Crippen LogP contribution in [0.15, 0.2) is 48.9 Å². The first kappa shape index (κ1) is 24.3. The predicted molar refractivity (Wildman–Crippen MR) is 140 cm³/mol. The summed E-state index contributed by atoms with van der Waals surface area (Å²) in [5, 5.41) is 14.1.